The van der Waals surface area contributed by atoms with Crippen LogP contribution in [0.2, 0.25) is 5.02 Å². The highest BCUT2D eigenvalue weighted by molar-refractivity contribution is 6.30. The van der Waals surface area contributed by atoms with Crippen molar-refractivity contribution in [2.75, 3.05) is 33.2 Å². The van der Waals surface area contributed by atoms with Gasteiger partial charge in [0.15, 0.2) is 5.84 Å². The van der Waals surface area contributed by atoms with Crippen molar-refractivity contribution in [2.45, 2.75) is 6.42 Å². The molecule has 7 heteroatoms. The number of nitrogens with zero attached hydrogens (tertiary/aromatic N) is 5. The second kappa shape index (κ2) is 6.10. The largest absolute Gasteiger partial charge is 0.367 e. The molecule has 2 aliphatic rings. The third-order valence-corrected chi connectivity index (χ3v) is 4.29. The second-order valence-corrected chi connectivity index (χ2v) is 6.06. The quantitative estimate of drug-likeness (QED) is 0.658. The molecule has 0 radical (unpaired) electrons. The van der Waals surface area contributed by atoms with Gasteiger partial charge < -0.3 is 0 Å². The molecule has 22 heavy (non-hydrogen) atoms. The number of piperazine rings is 1. The third kappa shape index (κ3) is 3.00. The molecule has 0 aliphatic carbocycles. The zero-order valence-electron chi connectivity index (χ0n) is 12.5. The Hall–Kier alpha value is -1.85. The monoisotopic (exact) mass is 317 g/mol. The average molecular weight is 318 g/mol. The number of halogens is 1. The molecule has 1 aromatic rings. The normalized spacial score (nSPS) is 20.5. The molecule has 3 rings (SSSR count). The number of guanidine groups is 1. The fraction of sp³-hybridized carbons (Fsp3) is 0.400. The zero-order valence-corrected chi connectivity index (χ0v) is 13.2. The van der Waals surface area contributed by atoms with Gasteiger partial charge in [0.25, 0.3) is 0 Å². The highest BCUT2D eigenvalue weighted by atomic mass is 35.5. The van der Waals surface area contributed by atoms with Crippen molar-refractivity contribution in [2.24, 2.45) is 15.1 Å². The summed E-state index contributed by atoms with van der Waals surface area (Å²) in [5, 5.41) is 12.7. The maximum Gasteiger partial charge on any atom is 0.367 e. The van der Waals surface area contributed by atoms with Crippen molar-refractivity contribution in [1.82, 2.24) is 4.90 Å². The Kier molecular flexibility index (Phi) is 4.18. The van der Waals surface area contributed by atoms with E-state index in [2.05, 4.69) is 27.9 Å². The van der Waals surface area contributed by atoms with Crippen LogP contribution in [0.25, 0.3) is 0 Å². The van der Waals surface area contributed by atoms with Gasteiger partial charge in [-0.15, -0.1) is 9.58 Å². The smallest absolute Gasteiger partial charge is 0.295 e. The van der Waals surface area contributed by atoms with E-state index in [4.69, 9.17) is 22.1 Å². The first kappa shape index (κ1) is 15.1. The van der Waals surface area contributed by atoms with Gasteiger partial charge in [0.05, 0.1) is 19.1 Å². The van der Waals surface area contributed by atoms with E-state index < -0.39 is 0 Å². The summed E-state index contributed by atoms with van der Waals surface area (Å²) in [5.74, 6) is 1.33. The van der Waals surface area contributed by atoms with Gasteiger partial charge in [0.2, 0.25) is 0 Å². The van der Waals surface area contributed by atoms with E-state index >= 15 is 0 Å². The van der Waals surface area contributed by atoms with E-state index in [9.17, 15) is 0 Å². The van der Waals surface area contributed by atoms with E-state index in [1.54, 1.807) is 0 Å². The average Bonchev–Trinajstić information content (AvgIpc) is 2.83. The van der Waals surface area contributed by atoms with Crippen LogP contribution in [0.4, 0.5) is 0 Å². The standard InChI is InChI=1S/C15H18ClN6/c1-21-6-8-22(9-7-21)15(18-11-17)19-14(20-22)10-12-2-4-13(16)5-3-12/h2-5,17H,6-10H2,1H3/q+1. The van der Waals surface area contributed by atoms with E-state index in [1.165, 1.54) is 0 Å². The van der Waals surface area contributed by atoms with Crippen LogP contribution in [0, 0.1) is 5.41 Å². The lowest BCUT2D eigenvalue weighted by atomic mass is 10.1. The third-order valence-electron chi connectivity index (χ3n) is 4.04. The van der Waals surface area contributed by atoms with Crippen LogP contribution in [-0.2, 0) is 6.42 Å². The molecule has 2 heterocycles. The molecule has 1 spiro atoms. The Labute approximate surface area is 134 Å². The number of amidine groups is 1. The molecule has 0 atom stereocenters. The summed E-state index contributed by atoms with van der Waals surface area (Å²) in [6.45, 7) is 3.52. The van der Waals surface area contributed by atoms with E-state index in [0.29, 0.717) is 17.0 Å². The lowest BCUT2D eigenvalue weighted by Gasteiger charge is -2.34. The number of hydrogen-bond donors (Lipinski definition) is 1. The minimum Gasteiger partial charge on any atom is -0.295 e. The number of quaternary nitrogens is 1. The van der Waals surface area contributed by atoms with E-state index in [0.717, 1.165) is 42.6 Å². The van der Waals surface area contributed by atoms with Gasteiger partial charge in [-0.05, 0) is 24.7 Å². The topological polar surface area (TPSA) is 64.2 Å². The van der Waals surface area contributed by atoms with Crippen molar-refractivity contribution < 1.29 is 4.59 Å². The number of benzene rings is 1. The zero-order chi connectivity index (χ0) is 15.6. The first-order valence-corrected chi connectivity index (χ1v) is 7.60. The lowest BCUT2D eigenvalue weighted by molar-refractivity contribution is -0.851. The Morgan fingerprint density at radius 2 is 2.00 bits per heavy atom. The van der Waals surface area contributed by atoms with Gasteiger partial charge in [0, 0.05) is 11.4 Å². The molecule has 0 bridgehead atoms. The second-order valence-electron chi connectivity index (χ2n) is 5.63. The highest BCUT2D eigenvalue weighted by Gasteiger charge is 2.43. The van der Waals surface area contributed by atoms with Gasteiger partial charge in [-0.3, -0.25) is 4.90 Å². The summed E-state index contributed by atoms with van der Waals surface area (Å²) in [7, 11) is 2.10. The highest BCUT2D eigenvalue weighted by Crippen LogP contribution is 2.23. The predicted molar refractivity (Wildman–Crippen MR) is 87.7 cm³/mol. The van der Waals surface area contributed by atoms with Gasteiger partial charge in [-0.1, -0.05) is 28.8 Å². The molecule has 0 unspecified atom stereocenters. The van der Waals surface area contributed by atoms with Crippen LogP contribution in [0.1, 0.15) is 5.56 Å². The van der Waals surface area contributed by atoms with Crippen LogP contribution in [-0.4, -0.2) is 60.5 Å². The van der Waals surface area contributed by atoms with Crippen molar-refractivity contribution in [3.05, 3.63) is 34.9 Å². The van der Waals surface area contributed by atoms with Crippen molar-refractivity contribution >= 4 is 29.4 Å². The molecule has 6 nitrogen and oxygen atoms in total. The SMILES string of the molecule is CN1CC[N+]2(CC1)N=C(Cc1ccc(Cl)cc1)N=C2N=C=N. The molecule has 1 N–H and O–H groups in total. The Bertz CT molecular complexity index is 664. The Morgan fingerprint density at radius 3 is 2.64 bits per heavy atom. The van der Waals surface area contributed by atoms with E-state index in [-0.39, 0.29) is 0 Å². The molecule has 2 aliphatic heterocycles. The minimum atomic E-state index is 0.388. The molecule has 1 saturated heterocycles. The summed E-state index contributed by atoms with van der Waals surface area (Å²) in [6.07, 6.45) is 0.643. The Balaban J connectivity index is 1.85. The lowest BCUT2D eigenvalue weighted by Crippen LogP contribution is -2.57. The summed E-state index contributed by atoms with van der Waals surface area (Å²) in [6, 6.07) is 9.80. The molecule has 0 amide bonds. The van der Waals surface area contributed by atoms with Crippen LogP contribution in [0.15, 0.2) is 39.4 Å². The van der Waals surface area contributed by atoms with Crippen LogP contribution < -0.4 is 0 Å². The van der Waals surface area contributed by atoms with Gasteiger partial charge in [-0.25, -0.2) is 5.41 Å². The van der Waals surface area contributed by atoms with Gasteiger partial charge in [-0.2, -0.15) is 4.99 Å². The van der Waals surface area contributed by atoms with Crippen molar-refractivity contribution in [1.29, 1.82) is 5.41 Å². The summed E-state index contributed by atoms with van der Waals surface area (Å²) < 4.78 is 0.388. The molecular formula is C15H18ClN6+. The maximum absolute atomic E-state index is 7.14. The molecule has 114 valence electrons. The molecule has 1 fully saturated rings. The van der Waals surface area contributed by atoms with Crippen LogP contribution in [0.3, 0.4) is 0 Å². The number of hydrogen-bond acceptors (Lipinski definition) is 5. The number of likely N-dealkylation sites (N-methyl/N-ethyl adjacent to an activating group) is 1. The minimum absolute atomic E-state index is 0.388. The predicted octanol–water partition coefficient (Wildman–Crippen LogP) is 2.08. The van der Waals surface area contributed by atoms with Gasteiger partial charge in [0.1, 0.15) is 13.1 Å². The van der Waals surface area contributed by atoms with Gasteiger partial charge >= 0.3 is 5.96 Å². The number of aliphatic imine (C=N–C) groups is 2. The molecule has 1 aromatic carbocycles. The summed E-state index contributed by atoms with van der Waals surface area (Å²) >= 11 is 5.91. The molecular weight excluding hydrogens is 300 g/mol. The fourth-order valence-electron chi connectivity index (χ4n) is 2.72. The van der Waals surface area contributed by atoms with Crippen LogP contribution >= 0.6 is 11.6 Å². The summed E-state index contributed by atoms with van der Waals surface area (Å²) in [5.41, 5.74) is 1.11. The van der Waals surface area contributed by atoms with Crippen molar-refractivity contribution in [3.8, 4) is 0 Å². The Morgan fingerprint density at radius 1 is 1.32 bits per heavy atom. The number of nitrogens with one attached hydrogen (secondary N) is 1. The first-order valence-electron chi connectivity index (χ1n) is 7.22. The number of rotatable bonds is 2. The maximum atomic E-state index is 7.14. The fourth-order valence-corrected chi connectivity index (χ4v) is 2.85. The summed E-state index contributed by atoms with van der Waals surface area (Å²) in [4.78, 5) is 10.8. The first-order chi connectivity index (χ1) is 10.6. The van der Waals surface area contributed by atoms with E-state index in [1.807, 2.05) is 24.3 Å². The van der Waals surface area contributed by atoms with Crippen molar-refractivity contribution in [3.63, 3.8) is 0 Å². The molecule has 0 aromatic heterocycles. The molecule has 0 saturated carbocycles. The van der Waals surface area contributed by atoms with Crippen LogP contribution in [0.5, 0.6) is 0 Å².